The van der Waals surface area contributed by atoms with Gasteiger partial charge >= 0.3 is 0 Å². The minimum atomic E-state index is -0.784. The first-order valence-electron chi connectivity index (χ1n) is 6.26. The molecular formula is C12H16F2N4. The number of hydrogen-bond acceptors (Lipinski definition) is 4. The van der Waals surface area contributed by atoms with E-state index < -0.39 is 11.6 Å². The van der Waals surface area contributed by atoms with Crippen LogP contribution in [0.2, 0.25) is 0 Å². The first-order chi connectivity index (χ1) is 8.67. The summed E-state index contributed by atoms with van der Waals surface area (Å²) >= 11 is 0. The van der Waals surface area contributed by atoms with Gasteiger partial charge in [-0.1, -0.05) is 6.42 Å². The number of hydrogen-bond donors (Lipinski definition) is 3. The highest BCUT2D eigenvalue weighted by Crippen LogP contribution is 2.45. The average Bonchev–Trinajstić information content (AvgIpc) is 2.94. The van der Waals surface area contributed by atoms with E-state index in [9.17, 15) is 8.78 Å². The van der Waals surface area contributed by atoms with Crippen LogP contribution in [-0.2, 0) is 0 Å². The van der Waals surface area contributed by atoms with Crippen molar-refractivity contribution in [3.63, 3.8) is 0 Å². The maximum Gasteiger partial charge on any atom is 0.178 e. The van der Waals surface area contributed by atoms with Crippen molar-refractivity contribution in [2.24, 2.45) is 17.7 Å². The molecule has 3 rings (SSSR count). The van der Waals surface area contributed by atoms with E-state index in [0.717, 1.165) is 18.4 Å². The second-order valence-corrected chi connectivity index (χ2v) is 5.22. The molecule has 1 aromatic rings. The van der Waals surface area contributed by atoms with Gasteiger partial charge in [-0.25, -0.2) is 19.6 Å². The Morgan fingerprint density at radius 3 is 2.56 bits per heavy atom. The predicted octanol–water partition coefficient (Wildman–Crippen LogP) is 2.25. The summed E-state index contributed by atoms with van der Waals surface area (Å²) < 4.78 is 26.9. The molecule has 0 radical (unpaired) electrons. The highest BCUT2D eigenvalue weighted by molar-refractivity contribution is 5.47. The predicted molar refractivity (Wildman–Crippen MR) is 64.8 cm³/mol. The minimum absolute atomic E-state index is 0.0851. The molecule has 0 saturated heterocycles. The molecule has 98 valence electrons. The van der Waals surface area contributed by atoms with Crippen LogP contribution >= 0.6 is 0 Å². The molecule has 2 aliphatic rings. The lowest BCUT2D eigenvalue weighted by atomic mass is 9.95. The topological polar surface area (TPSA) is 63.0 Å². The number of hydrazine groups is 1. The number of pyridine rings is 1. The lowest BCUT2D eigenvalue weighted by molar-refractivity contribution is 0.436. The molecule has 0 spiro atoms. The smallest absolute Gasteiger partial charge is 0.178 e. The number of rotatable bonds is 3. The summed E-state index contributed by atoms with van der Waals surface area (Å²) in [6.45, 7) is 0. The van der Waals surface area contributed by atoms with Crippen molar-refractivity contribution in [2.75, 3.05) is 10.7 Å². The van der Waals surface area contributed by atoms with Gasteiger partial charge in [0.15, 0.2) is 23.3 Å². The summed E-state index contributed by atoms with van der Waals surface area (Å²) in [6.07, 6.45) is 4.72. The van der Waals surface area contributed by atoms with Gasteiger partial charge in [-0.15, -0.1) is 0 Å². The molecule has 1 aromatic heterocycles. The zero-order valence-corrected chi connectivity index (χ0v) is 9.92. The van der Waals surface area contributed by atoms with E-state index >= 15 is 0 Å². The number of nitrogen functional groups attached to an aromatic ring is 1. The fourth-order valence-electron chi connectivity index (χ4n) is 3.27. The second-order valence-electron chi connectivity index (χ2n) is 5.22. The quantitative estimate of drug-likeness (QED) is 0.572. The van der Waals surface area contributed by atoms with Gasteiger partial charge in [-0.2, -0.15) is 0 Å². The molecule has 2 bridgehead atoms. The van der Waals surface area contributed by atoms with Crippen molar-refractivity contribution in [1.29, 1.82) is 0 Å². The summed E-state index contributed by atoms with van der Waals surface area (Å²) in [4.78, 5) is 3.84. The molecule has 2 aliphatic carbocycles. The SMILES string of the molecule is NNc1nc(NC2CC3CCC2C3)c(F)cc1F. The summed E-state index contributed by atoms with van der Waals surface area (Å²) in [5, 5.41) is 3.09. The molecule has 3 unspecified atom stereocenters. The molecule has 6 heteroatoms. The lowest BCUT2D eigenvalue weighted by Gasteiger charge is -2.23. The van der Waals surface area contributed by atoms with E-state index in [0.29, 0.717) is 5.92 Å². The van der Waals surface area contributed by atoms with Crippen molar-refractivity contribution in [3.05, 3.63) is 17.7 Å². The molecule has 2 fully saturated rings. The Morgan fingerprint density at radius 2 is 1.94 bits per heavy atom. The number of nitrogens with one attached hydrogen (secondary N) is 2. The first-order valence-corrected chi connectivity index (χ1v) is 6.26. The maximum atomic E-state index is 13.6. The van der Waals surface area contributed by atoms with Gasteiger partial charge in [0.1, 0.15) is 0 Å². The van der Waals surface area contributed by atoms with Crippen LogP contribution in [0.3, 0.4) is 0 Å². The fraction of sp³-hybridized carbons (Fsp3) is 0.583. The molecule has 1 heterocycles. The Hall–Kier alpha value is -1.43. The van der Waals surface area contributed by atoms with E-state index in [1.807, 2.05) is 0 Å². The number of fused-ring (bicyclic) bond motifs is 2. The van der Waals surface area contributed by atoms with Gasteiger partial charge in [0.05, 0.1) is 0 Å². The van der Waals surface area contributed by atoms with E-state index in [-0.39, 0.29) is 17.7 Å². The molecule has 3 atom stereocenters. The molecule has 18 heavy (non-hydrogen) atoms. The van der Waals surface area contributed by atoms with Gasteiger partial charge in [-0.3, -0.25) is 0 Å². The third-order valence-electron chi connectivity index (χ3n) is 4.13. The normalized spacial score (nSPS) is 29.6. The zero-order chi connectivity index (χ0) is 12.7. The number of nitrogens with zero attached hydrogens (tertiary/aromatic N) is 1. The standard InChI is InChI=1S/C12H16F2N4/c13-8-5-9(14)12(18-15)17-11(8)16-10-4-6-1-2-7(10)3-6/h5-7,10H,1-4,15H2,(H2,16,17,18). The minimum Gasteiger partial charge on any atom is -0.365 e. The summed E-state index contributed by atoms with van der Waals surface area (Å²) in [7, 11) is 0. The van der Waals surface area contributed by atoms with E-state index in [2.05, 4.69) is 15.7 Å². The Balaban J connectivity index is 1.80. The van der Waals surface area contributed by atoms with Crippen molar-refractivity contribution in [2.45, 2.75) is 31.7 Å². The summed E-state index contributed by atoms with van der Waals surface area (Å²) in [6, 6.07) is 1.06. The first kappa shape index (κ1) is 11.6. The van der Waals surface area contributed by atoms with Crippen LogP contribution in [0.4, 0.5) is 20.4 Å². The van der Waals surface area contributed by atoms with Crippen LogP contribution in [0.5, 0.6) is 0 Å². The fourth-order valence-corrected chi connectivity index (χ4v) is 3.27. The Morgan fingerprint density at radius 1 is 1.17 bits per heavy atom. The number of nitrogens with two attached hydrogens (primary N) is 1. The van der Waals surface area contributed by atoms with Crippen LogP contribution in [-0.4, -0.2) is 11.0 Å². The molecular weight excluding hydrogens is 238 g/mol. The number of halogens is 2. The Kier molecular flexibility index (Phi) is 2.81. The van der Waals surface area contributed by atoms with Crippen LogP contribution in [0.15, 0.2) is 6.07 Å². The van der Waals surface area contributed by atoms with Crippen LogP contribution in [0.25, 0.3) is 0 Å². The molecule has 4 N–H and O–H groups in total. The number of anilines is 2. The largest absolute Gasteiger partial charge is 0.365 e. The van der Waals surface area contributed by atoms with Crippen molar-refractivity contribution in [3.8, 4) is 0 Å². The maximum absolute atomic E-state index is 13.6. The highest BCUT2D eigenvalue weighted by atomic mass is 19.1. The summed E-state index contributed by atoms with van der Waals surface area (Å²) in [5.74, 6) is 4.97. The van der Waals surface area contributed by atoms with Crippen LogP contribution < -0.4 is 16.6 Å². The van der Waals surface area contributed by atoms with Gasteiger partial charge < -0.3 is 10.7 Å². The summed E-state index contributed by atoms with van der Waals surface area (Å²) in [5.41, 5.74) is 2.13. The zero-order valence-electron chi connectivity index (χ0n) is 9.92. The van der Waals surface area contributed by atoms with Gasteiger partial charge in [0, 0.05) is 12.1 Å². The molecule has 4 nitrogen and oxygen atoms in total. The highest BCUT2D eigenvalue weighted by Gasteiger charge is 2.39. The monoisotopic (exact) mass is 254 g/mol. The molecule has 0 aliphatic heterocycles. The third kappa shape index (κ3) is 1.90. The number of aromatic nitrogens is 1. The van der Waals surface area contributed by atoms with Gasteiger partial charge in [-0.05, 0) is 31.1 Å². The van der Waals surface area contributed by atoms with Crippen LogP contribution in [0, 0.1) is 23.5 Å². The van der Waals surface area contributed by atoms with E-state index in [1.165, 1.54) is 19.3 Å². The Labute approximate surface area is 104 Å². The van der Waals surface area contributed by atoms with Crippen molar-refractivity contribution < 1.29 is 8.78 Å². The molecule has 2 saturated carbocycles. The van der Waals surface area contributed by atoms with E-state index in [1.54, 1.807) is 0 Å². The van der Waals surface area contributed by atoms with Crippen LogP contribution in [0.1, 0.15) is 25.7 Å². The lowest BCUT2D eigenvalue weighted by Crippen LogP contribution is -2.27. The van der Waals surface area contributed by atoms with Crippen molar-refractivity contribution in [1.82, 2.24) is 4.98 Å². The van der Waals surface area contributed by atoms with Gasteiger partial charge in [0.2, 0.25) is 0 Å². The Bertz CT molecular complexity index is 466. The molecule has 0 aromatic carbocycles. The average molecular weight is 254 g/mol. The second kappa shape index (κ2) is 4.35. The van der Waals surface area contributed by atoms with Crippen molar-refractivity contribution >= 4 is 11.6 Å². The third-order valence-corrected chi connectivity index (χ3v) is 4.13. The molecule has 0 amide bonds. The van der Waals surface area contributed by atoms with Gasteiger partial charge in [0.25, 0.3) is 0 Å². The van der Waals surface area contributed by atoms with E-state index in [4.69, 9.17) is 5.84 Å².